The SMILES string of the molecule is C[C@H](O)[C@H](NC(=O)OC(C)(C)C)c1ccc(Cl)cc1.[BH4-].[Na+]. The number of carbonyl (C=O) groups is 1. The van der Waals surface area contributed by atoms with Gasteiger partial charge in [-0.25, -0.2) is 4.79 Å². The van der Waals surface area contributed by atoms with Gasteiger partial charge in [0.1, 0.15) is 5.60 Å². The first kappa shape index (κ1) is 23.1. The molecule has 0 heterocycles. The Kier molecular flexibility index (Phi) is 10.7. The van der Waals surface area contributed by atoms with Crippen molar-refractivity contribution in [2.24, 2.45) is 0 Å². The molecule has 0 aromatic heterocycles. The van der Waals surface area contributed by atoms with Gasteiger partial charge in [0.15, 0.2) is 0 Å². The van der Waals surface area contributed by atoms with Crippen molar-refractivity contribution in [3.8, 4) is 0 Å². The van der Waals surface area contributed by atoms with Gasteiger partial charge in [-0.05, 0) is 45.4 Å². The topological polar surface area (TPSA) is 58.6 Å². The van der Waals surface area contributed by atoms with Gasteiger partial charge in [-0.1, -0.05) is 32.1 Å². The van der Waals surface area contributed by atoms with Crippen LogP contribution in [0, 0.1) is 0 Å². The van der Waals surface area contributed by atoms with Gasteiger partial charge in [0.05, 0.1) is 12.1 Å². The van der Waals surface area contributed by atoms with E-state index in [1.807, 2.05) is 0 Å². The van der Waals surface area contributed by atoms with Crippen LogP contribution in [0.5, 0.6) is 0 Å². The first-order chi connectivity index (χ1) is 8.69. The van der Waals surface area contributed by atoms with Crippen molar-refractivity contribution in [3.05, 3.63) is 34.9 Å². The quantitative estimate of drug-likeness (QED) is 0.690. The van der Waals surface area contributed by atoms with E-state index in [0.29, 0.717) is 5.02 Å². The number of ether oxygens (including phenoxy) is 1. The van der Waals surface area contributed by atoms with Gasteiger partial charge in [-0.3, -0.25) is 0 Å². The number of benzene rings is 1. The van der Waals surface area contributed by atoms with Crippen molar-refractivity contribution in [3.63, 3.8) is 0 Å². The molecule has 1 amide bonds. The summed E-state index contributed by atoms with van der Waals surface area (Å²) < 4.78 is 5.18. The molecule has 0 bridgehead atoms. The number of carbonyl (C=O) groups excluding carboxylic acids is 1. The molecule has 1 aromatic carbocycles. The van der Waals surface area contributed by atoms with E-state index in [1.54, 1.807) is 52.0 Å². The first-order valence-corrected chi connectivity index (χ1v) is 6.50. The molecule has 4 nitrogen and oxygen atoms in total. The summed E-state index contributed by atoms with van der Waals surface area (Å²) in [6, 6.07) is 6.41. The maximum Gasteiger partial charge on any atom is 1.00 e. The molecule has 2 atom stereocenters. The Balaban J connectivity index is 0. The summed E-state index contributed by atoms with van der Waals surface area (Å²) in [5.41, 5.74) is 0.193. The molecular formula is C14H24BClNNaO3. The smallest absolute Gasteiger partial charge is 0.444 e. The van der Waals surface area contributed by atoms with Crippen LogP contribution in [0.25, 0.3) is 0 Å². The Morgan fingerprint density at radius 1 is 1.29 bits per heavy atom. The van der Waals surface area contributed by atoms with Gasteiger partial charge in [-0.15, -0.1) is 0 Å². The molecule has 0 saturated heterocycles. The minimum absolute atomic E-state index is 0. The van der Waals surface area contributed by atoms with Crippen molar-refractivity contribution in [2.45, 2.75) is 45.4 Å². The molecule has 7 heteroatoms. The van der Waals surface area contributed by atoms with E-state index in [9.17, 15) is 9.90 Å². The summed E-state index contributed by atoms with van der Waals surface area (Å²) >= 11 is 5.81. The van der Waals surface area contributed by atoms with Crippen LogP contribution in [0.4, 0.5) is 4.79 Å². The van der Waals surface area contributed by atoms with E-state index in [0.717, 1.165) is 5.56 Å². The summed E-state index contributed by atoms with van der Waals surface area (Å²) in [6.07, 6.45) is -1.30. The minimum atomic E-state index is -0.742. The molecule has 0 radical (unpaired) electrons. The van der Waals surface area contributed by atoms with Crippen LogP contribution in [-0.2, 0) is 4.74 Å². The van der Waals surface area contributed by atoms with E-state index in [1.165, 1.54) is 0 Å². The van der Waals surface area contributed by atoms with Crippen molar-refractivity contribution < 1.29 is 44.2 Å². The van der Waals surface area contributed by atoms with Crippen LogP contribution in [0.1, 0.15) is 39.3 Å². The molecule has 0 spiro atoms. The fourth-order valence-corrected chi connectivity index (χ4v) is 1.71. The second-order valence-electron chi connectivity index (χ2n) is 5.42. The number of aliphatic hydroxyl groups is 1. The van der Waals surface area contributed by atoms with E-state index in [2.05, 4.69) is 5.32 Å². The van der Waals surface area contributed by atoms with Crippen LogP contribution in [0.2, 0.25) is 5.02 Å². The molecule has 0 aliphatic heterocycles. The zero-order valence-electron chi connectivity index (χ0n) is 12.6. The summed E-state index contributed by atoms with van der Waals surface area (Å²) in [5.74, 6) is 0. The molecule has 0 fully saturated rings. The van der Waals surface area contributed by atoms with Crippen LogP contribution < -0.4 is 34.9 Å². The van der Waals surface area contributed by atoms with Gasteiger partial charge in [0.2, 0.25) is 0 Å². The number of aliphatic hydroxyl groups excluding tert-OH is 1. The summed E-state index contributed by atoms with van der Waals surface area (Å²) in [7, 11) is 0. The third kappa shape index (κ3) is 8.74. The molecule has 0 unspecified atom stereocenters. The van der Waals surface area contributed by atoms with E-state index in [4.69, 9.17) is 16.3 Å². The van der Waals surface area contributed by atoms with Gasteiger partial charge in [0.25, 0.3) is 0 Å². The fourth-order valence-electron chi connectivity index (χ4n) is 1.59. The number of hydrogen-bond donors (Lipinski definition) is 2. The van der Waals surface area contributed by atoms with E-state index < -0.39 is 23.8 Å². The Labute approximate surface area is 155 Å². The number of nitrogens with one attached hydrogen (secondary N) is 1. The predicted octanol–water partition coefficient (Wildman–Crippen LogP) is -1.16. The Morgan fingerprint density at radius 3 is 2.14 bits per heavy atom. The molecule has 114 valence electrons. The third-order valence-corrected chi connectivity index (χ3v) is 2.64. The second-order valence-corrected chi connectivity index (χ2v) is 5.85. The Morgan fingerprint density at radius 2 is 1.76 bits per heavy atom. The number of rotatable bonds is 3. The summed E-state index contributed by atoms with van der Waals surface area (Å²) in [5, 5.41) is 13.0. The maximum absolute atomic E-state index is 11.7. The van der Waals surface area contributed by atoms with Gasteiger partial charge in [-0.2, -0.15) is 0 Å². The largest absolute Gasteiger partial charge is 1.00 e. The maximum atomic E-state index is 11.7. The van der Waals surface area contributed by atoms with Crippen molar-refractivity contribution in [1.29, 1.82) is 0 Å². The monoisotopic (exact) mass is 323 g/mol. The zero-order chi connectivity index (χ0) is 14.6. The molecule has 0 saturated carbocycles. The molecule has 1 aromatic rings. The van der Waals surface area contributed by atoms with Crippen molar-refractivity contribution in [2.75, 3.05) is 0 Å². The minimum Gasteiger partial charge on any atom is -0.444 e. The van der Waals surface area contributed by atoms with Crippen LogP contribution in [-0.4, -0.2) is 31.3 Å². The van der Waals surface area contributed by atoms with Crippen molar-refractivity contribution >= 4 is 26.1 Å². The third-order valence-electron chi connectivity index (χ3n) is 2.38. The standard InChI is InChI=1S/C14H20ClNO3.BH4.Na/c1-9(17)12(10-5-7-11(15)8-6-10)16-13(18)19-14(2,3)4;;/h5-9,12,17H,1-4H3,(H,16,18);1H4;/q;-1;+1/t9-,12-;;/m0../s1. The molecule has 0 aliphatic rings. The normalized spacial score (nSPS) is 13.2. The number of alkyl carbamates (subject to hydrolysis) is 1. The number of hydrogen-bond acceptors (Lipinski definition) is 3. The number of amides is 1. The predicted molar refractivity (Wildman–Crippen MR) is 86.6 cm³/mol. The molecular weight excluding hydrogens is 299 g/mol. The van der Waals surface area contributed by atoms with Crippen LogP contribution >= 0.6 is 11.6 Å². The van der Waals surface area contributed by atoms with Crippen LogP contribution in [0.15, 0.2) is 24.3 Å². The molecule has 21 heavy (non-hydrogen) atoms. The van der Waals surface area contributed by atoms with E-state index >= 15 is 0 Å². The average Bonchev–Trinajstić information content (AvgIpc) is 2.24. The van der Waals surface area contributed by atoms with Crippen molar-refractivity contribution in [1.82, 2.24) is 5.32 Å². The first-order valence-electron chi connectivity index (χ1n) is 6.12. The average molecular weight is 324 g/mol. The zero-order valence-corrected chi connectivity index (χ0v) is 15.4. The van der Waals surface area contributed by atoms with Gasteiger partial charge < -0.3 is 15.2 Å². The summed E-state index contributed by atoms with van der Waals surface area (Å²) in [4.78, 5) is 11.7. The second kappa shape index (κ2) is 9.75. The fraction of sp³-hybridized carbons (Fsp3) is 0.500. The molecule has 2 N–H and O–H groups in total. The number of halogens is 1. The van der Waals surface area contributed by atoms with Gasteiger partial charge in [0, 0.05) is 5.02 Å². The molecule has 0 aliphatic carbocycles. The Bertz CT molecular complexity index is 435. The summed E-state index contributed by atoms with van der Waals surface area (Å²) in [6.45, 7) is 6.96. The van der Waals surface area contributed by atoms with Crippen LogP contribution in [0.3, 0.4) is 0 Å². The Hall–Kier alpha value is -0.195. The van der Waals surface area contributed by atoms with Gasteiger partial charge >= 0.3 is 35.7 Å². The van der Waals surface area contributed by atoms with E-state index in [-0.39, 0.29) is 38.0 Å². The molecule has 1 rings (SSSR count).